The van der Waals surface area contributed by atoms with Crippen LogP contribution in [0.15, 0.2) is 0 Å². The van der Waals surface area contributed by atoms with Crippen molar-refractivity contribution in [2.24, 2.45) is 0 Å². The zero-order valence-corrected chi connectivity index (χ0v) is 10.2. The molecule has 0 aromatic carbocycles. The highest BCUT2D eigenvalue weighted by Crippen LogP contribution is 2.07. The normalized spacial score (nSPS) is 14.7. The monoisotopic (exact) mass is 217 g/mol. The second-order valence-corrected chi connectivity index (χ2v) is 3.53. The average Bonchev–Trinajstić information content (AvgIpc) is 2.18. The summed E-state index contributed by atoms with van der Waals surface area (Å²) < 4.78 is 10.6. The fourth-order valence-corrected chi connectivity index (χ4v) is 1.35. The smallest absolute Gasteiger partial charge is 0.335 e. The molecule has 0 spiro atoms. The molecule has 0 fully saturated rings. The van der Waals surface area contributed by atoms with Gasteiger partial charge in [-0.1, -0.05) is 13.3 Å². The fourth-order valence-electron chi connectivity index (χ4n) is 1.35. The maximum Gasteiger partial charge on any atom is 0.335 e. The van der Waals surface area contributed by atoms with E-state index in [4.69, 9.17) is 9.47 Å². The van der Waals surface area contributed by atoms with Crippen LogP contribution in [0.2, 0.25) is 0 Å². The first-order valence-electron chi connectivity index (χ1n) is 5.62. The van der Waals surface area contributed by atoms with E-state index in [-0.39, 0.29) is 12.1 Å². The molecular weight excluding hydrogens is 194 g/mol. The van der Waals surface area contributed by atoms with E-state index >= 15 is 0 Å². The summed E-state index contributed by atoms with van der Waals surface area (Å²) in [7, 11) is 1.86. The molecule has 1 N–H and O–H groups in total. The van der Waals surface area contributed by atoms with Crippen molar-refractivity contribution in [2.45, 2.75) is 45.8 Å². The molecule has 2 atom stereocenters. The van der Waals surface area contributed by atoms with Gasteiger partial charge in [-0.2, -0.15) is 0 Å². The minimum atomic E-state index is -0.418. The zero-order chi connectivity index (χ0) is 11.7. The van der Waals surface area contributed by atoms with Crippen molar-refractivity contribution in [1.82, 2.24) is 5.32 Å². The lowest BCUT2D eigenvalue weighted by Crippen LogP contribution is -2.34. The van der Waals surface area contributed by atoms with E-state index in [1.165, 1.54) is 0 Å². The minimum absolute atomic E-state index is 0.0240. The maximum atomic E-state index is 11.5. The zero-order valence-electron chi connectivity index (χ0n) is 10.2. The number of hydrogen-bond donors (Lipinski definition) is 1. The van der Waals surface area contributed by atoms with E-state index in [0.717, 1.165) is 13.0 Å². The third-order valence-corrected chi connectivity index (χ3v) is 1.99. The number of ether oxygens (including phenoxy) is 2. The van der Waals surface area contributed by atoms with Gasteiger partial charge < -0.3 is 14.8 Å². The van der Waals surface area contributed by atoms with Gasteiger partial charge in [0.1, 0.15) is 0 Å². The summed E-state index contributed by atoms with van der Waals surface area (Å²) in [6.07, 6.45) is 1.23. The molecule has 0 radical (unpaired) electrons. The fraction of sp³-hybridized carbons (Fsp3) is 0.909. The van der Waals surface area contributed by atoms with E-state index in [1.54, 1.807) is 6.92 Å². The van der Waals surface area contributed by atoms with Crippen molar-refractivity contribution < 1.29 is 14.3 Å². The van der Waals surface area contributed by atoms with E-state index in [2.05, 4.69) is 5.32 Å². The Kier molecular flexibility index (Phi) is 8.33. The molecule has 2 unspecified atom stereocenters. The number of carbonyl (C=O) groups is 1. The average molecular weight is 217 g/mol. The molecule has 0 aromatic rings. The second-order valence-electron chi connectivity index (χ2n) is 3.53. The summed E-state index contributed by atoms with van der Waals surface area (Å²) in [6.45, 7) is 6.91. The lowest BCUT2D eigenvalue weighted by atomic mass is 10.2. The van der Waals surface area contributed by atoms with Crippen LogP contribution < -0.4 is 5.32 Å². The van der Waals surface area contributed by atoms with Crippen LogP contribution in [0.5, 0.6) is 0 Å². The van der Waals surface area contributed by atoms with Gasteiger partial charge in [-0.25, -0.2) is 4.79 Å². The van der Waals surface area contributed by atoms with Gasteiger partial charge in [-0.15, -0.1) is 0 Å². The van der Waals surface area contributed by atoms with Crippen molar-refractivity contribution in [2.75, 3.05) is 20.2 Å². The van der Waals surface area contributed by atoms with Crippen LogP contribution in [0.3, 0.4) is 0 Å². The predicted molar refractivity (Wildman–Crippen MR) is 59.8 cm³/mol. The standard InChI is InChI=1S/C11H23NO3/c1-5-7-10(11(13)14-6-2)15-9(3)8-12-4/h9-10,12H,5-8H2,1-4H3. The third kappa shape index (κ3) is 6.47. The Labute approximate surface area is 92.3 Å². The SMILES string of the molecule is CCCC(OC(C)CNC)C(=O)OCC. The maximum absolute atomic E-state index is 11.5. The van der Waals surface area contributed by atoms with Crippen LogP contribution in [0, 0.1) is 0 Å². The third-order valence-electron chi connectivity index (χ3n) is 1.99. The molecule has 90 valence electrons. The number of esters is 1. The van der Waals surface area contributed by atoms with Crippen molar-refractivity contribution >= 4 is 5.97 Å². The van der Waals surface area contributed by atoms with Gasteiger partial charge in [0.25, 0.3) is 0 Å². The Morgan fingerprint density at radius 2 is 2.07 bits per heavy atom. The molecular formula is C11H23NO3. The Balaban J connectivity index is 4.07. The van der Waals surface area contributed by atoms with Gasteiger partial charge in [0.05, 0.1) is 12.7 Å². The first-order chi connectivity index (χ1) is 7.15. The predicted octanol–water partition coefficient (Wildman–Crippen LogP) is 1.34. The van der Waals surface area contributed by atoms with Crippen LogP contribution in [-0.4, -0.2) is 38.4 Å². The Morgan fingerprint density at radius 1 is 1.40 bits per heavy atom. The molecule has 0 aromatic heterocycles. The number of likely N-dealkylation sites (N-methyl/N-ethyl adjacent to an activating group) is 1. The molecule has 15 heavy (non-hydrogen) atoms. The Morgan fingerprint density at radius 3 is 2.53 bits per heavy atom. The summed E-state index contributed by atoms with van der Waals surface area (Å²) in [5.74, 6) is -0.248. The van der Waals surface area contributed by atoms with E-state index < -0.39 is 6.10 Å². The molecule has 4 heteroatoms. The summed E-state index contributed by atoms with van der Waals surface area (Å²) in [6, 6.07) is 0. The topological polar surface area (TPSA) is 47.6 Å². The molecule has 0 amide bonds. The van der Waals surface area contributed by atoms with Crippen molar-refractivity contribution in [1.29, 1.82) is 0 Å². The summed E-state index contributed by atoms with van der Waals surface area (Å²) in [4.78, 5) is 11.5. The molecule has 0 saturated heterocycles. The quantitative estimate of drug-likeness (QED) is 0.623. The summed E-state index contributed by atoms with van der Waals surface area (Å²) in [5, 5.41) is 3.01. The molecule has 0 bridgehead atoms. The van der Waals surface area contributed by atoms with Crippen molar-refractivity contribution in [3.8, 4) is 0 Å². The molecule has 0 saturated carbocycles. The summed E-state index contributed by atoms with van der Waals surface area (Å²) in [5.41, 5.74) is 0. The molecule has 0 aliphatic rings. The molecule has 0 heterocycles. The first-order valence-corrected chi connectivity index (χ1v) is 5.62. The highest BCUT2D eigenvalue weighted by atomic mass is 16.6. The van der Waals surface area contributed by atoms with Crippen molar-refractivity contribution in [3.05, 3.63) is 0 Å². The van der Waals surface area contributed by atoms with Gasteiger partial charge in [0.2, 0.25) is 0 Å². The van der Waals surface area contributed by atoms with Gasteiger partial charge in [0.15, 0.2) is 6.10 Å². The minimum Gasteiger partial charge on any atom is -0.464 e. The van der Waals surface area contributed by atoms with Crippen LogP contribution in [0.4, 0.5) is 0 Å². The van der Waals surface area contributed by atoms with Gasteiger partial charge >= 0.3 is 5.97 Å². The van der Waals surface area contributed by atoms with E-state index in [9.17, 15) is 4.79 Å². The number of hydrogen-bond acceptors (Lipinski definition) is 4. The number of nitrogens with one attached hydrogen (secondary N) is 1. The largest absolute Gasteiger partial charge is 0.464 e. The van der Waals surface area contributed by atoms with E-state index in [0.29, 0.717) is 13.0 Å². The lowest BCUT2D eigenvalue weighted by Gasteiger charge is -2.20. The highest BCUT2D eigenvalue weighted by Gasteiger charge is 2.21. The molecule has 0 rings (SSSR count). The lowest BCUT2D eigenvalue weighted by molar-refractivity contribution is -0.160. The number of carbonyl (C=O) groups excluding carboxylic acids is 1. The second kappa shape index (κ2) is 8.68. The molecule has 0 aliphatic carbocycles. The van der Waals surface area contributed by atoms with Gasteiger partial charge in [-0.05, 0) is 27.3 Å². The Hall–Kier alpha value is -0.610. The molecule has 4 nitrogen and oxygen atoms in total. The van der Waals surface area contributed by atoms with Crippen molar-refractivity contribution in [3.63, 3.8) is 0 Å². The van der Waals surface area contributed by atoms with Crippen LogP contribution >= 0.6 is 0 Å². The highest BCUT2D eigenvalue weighted by molar-refractivity contribution is 5.74. The van der Waals surface area contributed by atoms with Gasteiger partial charge in [0, 0.05) is 6.54 Å². The first kappa shape index (κ1) is 14.4. The van der Waals surface area contributed by atoms with Crippen LogP contribution in [0.1, 0.15) is 33.6 Å². The molecule has 0 aliphatic heterocycles. The van der Waals surface area contributed by atoms with Crippen LogP contribution in [0.25, 0.3) is 0 Å². The van der Waals surface area contributed by atoms with Crippen LogP contribution in [-0.2, 0) is 14.3 Å². The van der Waals surface area contributed by atoms with E-state index in [1.807, 2.05) is 20.9 Å². The van der Waals surface area contributed by atoms with Gasteiger partial charge in [-0.3, -0.25) is 0 Å². The number of rotatable bonds is 8. The Bertz CT molecular complexity index is 173. The summed E-state index contributed by atoms with van der Waals surface area (Å²) >= 11 is 0.